The van der Waals surface area contributed by atoms with Crippen molar-refractivity contribution in [3.8, 4) is 0 Å². The normalized spacial score (nSPS) is 10.8. The van der Waals surface area contributed by atoms with Gasteiger partial charge in [-0.25, -0.2) is 4.39 Å². The molecule has 106 valence electrons. The second-order valence-corrected chi connectivity index (χ2v) is 5.33. The highest BCUT2D eigenvalue weighted by molar-refractivity contribution is 9.10. The number of nitrogens with one attached hydrogen (secondary N) is 1. The summed E-state index contributed by atoms with van der Waals surface area (Å²) in [7, 11) is 0. The Balaban J connectivity index is 1.79. The molecule has 0 aliphatic heterocycles. The molecule has 0 aliphatic carbocycles. The first-order chi connectivity index (χ1) is 10.1. The van der Waals surface area contributed by atoms with E-state index in [0.717, 1.165) is 5.39 Å². The van der Waals surface area contributed by atoms with Crippen LogP contribution in [0.2, 0.25) is 0 Å². The van der Waals surface area contributed by atoms with Crippen molar-refractivity contribution in [1.29, 1.82) is 0 Å². The van der Waals surface area contributed by atoms with Crippen LogP contribution in [0.25, 0.3) is 11.0 Å². The van der Waals surface area contributed by atoms with Gasteiger partial charge in [-0.05, 0) is 46.3 Å². The third-order valence-electron chi connectivity index (χ3n) is 2.98. The van der Waals surface area contributed by atoms with E-state index in [1.54, 1.807) is 6.07 Å². The fraction of sp³-hybridized carbons (Fsp3) is 0.0667. The van der Waals surface area contributed by atoms with Gasteiger partial charge in [0, 0.05) is 9.86 Å². The Hall–Kier alpha value is -2.21. The lowest BCUT2D eigenvalue weighted by Crippen LogP contribution is -2.15. The van der Waals surface area contributed by atoms with Crippen LogP contribution in [0, 0.1) is 5.82 Å². The molecule has 0 saturated heterocycles. The molecule has 4 nitrogen and oxygen atoms in total. The zero-order valence-corrected chi connectivity index (χ0v) is 12.4. The second-order valence-electron chi connectivity index (χ2n) is 4.47. The number of carbonyl (C=O) groups excluding carboxylic acids is 1. The first-order valence-corrected chi connectivity index (χ1v) is 7.01. The topological polar surface area (TPSA) is 55.1 Å². The van der Waals surface area contributed by atoms with Crippen LogP contribution < -0.4 is 5.32 Å². The van der Waals surface area contributed by atoms with Gasteiger partial charge in [0.1, 0.15) is 11.5 Å². The zero-order chi connectivity index (χ0) is 14.8. The number of benzene rings is 2. The molecule has 0 saturated carbocycles. The molecule has 0 spiro atoms. The number of nitrogens with zero attached hydrogens (tertiary/aromatic N) is 1. The van der Waals surface area contributed by atoms with Gasteiger partial charge in [0.05, 0.1) is 12.1 Å². The molecule has 0 unspecified atom stereocenters. The van der Waals surface area contributed by atoms with E-state index in [1.165, 1.54) is 18.2 Å². The molecule has 0 aliphatic rings. The van der Waals surface area contributed by atoms with Crippen LogP contribution in [0.1, 0.15) is 5.69 Å². The molecule has 21 heavy (non-hydrogen) atoms. The van der Waals surface area contributed by atoms with Crippen LogP contribution in [-0.4, -0.2) is 11.1 Å². The van der Waals surface area contributed by atoms with Gasteiger partial charge in [-0.15, -0.1) is 0 Å². The highest BCUT2D eigenvalue weighted by Gasteiger charge is 2.13. The van der Waals surface area contributed by atoms with E-state index in [-0.39, 0.29) is 12.3 Å². The molecule has 0 bridgehead atoms. The number of rotatable bonds is 3. The minimum absolute atomic E-state index is 0.0555. The second kappa shape index (κ2) is 5.65. The molecular weight excluding hydrogens is 339 g/mol. The number of anilines is 1. The molecule has 0 atom stereocenters. The number of hydrogen-bond donors (Lipinski definition) is 1. The highest BCUT2D eigenvalue weighted by Crippen LogP contribution is 2.24. The van der Waals surface area contributed by atoms with Crippen molar-refractivity contribution in [2.45, 2.75) is 6.42 Å². The maximum absolute atomic E-state index is 13.2. The van der Waals surface area contributed by atoms with Gasteiger partial charge >= 0.3 is 0 Å². The van der Waals surface area contributed by atoms with Gasteiger partial charge in [-0.2, -0.15) is 0 Å². The van der Waals surface area contributed by atoms with Crippen molar-refractivity contribution in [2.24, 2.45) is 0 Å². The number of halogens is 2. The lowest BCUT2D eigenvalue weighted by atomic mass is 10.1. The smallest absolute Gasteiger partial charge is 0.230 e. The highest BCUT2D eigenvalue weighted by atomic mass is 79.9. The van der Waals surface area contributed by atoms with E-state index in [0.29, 0.717) is 21.4 Å². The van der Waals surface area contributed by atoms with Crippen LogP contribution in [-0.2, 0) is 11.2 Å². The first-order valence-electron chi connectivity index (χ1n) is 6.21. The molecule has 2 aromatic carbocycles. The Bertz CT molecular complexity index is 816. The van der Waals surface area contributed by atoms with E-state index in [2.05, 4.69) is 26.4 Å². The summed E-state index contributed by atoms with van der Waals surface area (Å²) in [5.74, 6) is -0.708. The number of carbonyl (C=O) groups is 1. The summed E-state index contributed by atoms with van der Waals surface area (Å²) < 4.78 is 18.9. The monoisotopic (exact) mass is 348 g/mol. The number of hydrogen-bond acceptors (Lipinski definition) is 3. The SMILES string of the molecule is O=C(Cc1noc2ccccc12)Nc1cc(F)ccc1Br. The Morgan fingerprint density at radius 3 is 2.95 bits per heavy atom. The van der Waals surface area contributed by atoms with Gasteiger partial charge < -0.3 is 9.84 Å². The van der Waals surface area contributed by atoms with E-state index in [4.69, 9.17) is 4.52 Å². The minimum Gasteiger partial charge on any atom is -0.356 e. The van der Waals surface area contributed by atoms with Crippen LogP contribution in [0.4, 0.5) is 10.1 Å². The maximum atomic E-state index is 13.2. The molecule has 1 N–H and O–H groups in total. The molecule has 1 aromatic heterocycles. The van der Waals surface area contributed by atoms with Gasteiger partial charge in [-0.3, -0.25) is 4.79 Å². The summed E-state index contributed by atoms with van der Waals surface area (Å²) in [6, 6.07) is 11.4. The van der Waals surface area contributed by atoms with Crippen molar-refractivity contribution in [3.05, 3.63) is 58.4 Å². The third-order valence-corrected chi connectivity index (χ3v) is 3.67. The van der Waals surface area contributed by atoms with E-state index >= 15 is 0 Å². The summed E-state index contributed by atoms with van der Waals surface area (Å²) in [4.78, 5) is 12.1. The van der Waals surface area contributed by atoms with Crippen LogP contribution in [0.3, 0.4) is 0 Å². The molecule has 0 radical (unpaired) electrons. The Morgan fingerprint density at radius 1 is 1.29 bits per heavy atom. The number of para-hydroxylation sites is 1. The molecule has 6 heteroatoms. The van der Waals surface area contributed by atoms with Gasteiger partial charge in [-0.1, -0.05) is 17.3 Å². The van der Waals surface area contributed by atoms with Crippen LogP contribution in [0.15, 0.2) is 51.5 Å². The lowest BCUT2D eigenvalue weighted by Gasteiger charge is -2.06. The van der Waals surface area contributed by atoms with Crippen LogP contribution in [0.5, 0.6) is 0 Å². The lowest BCUT2D eigenvalue weighted by molar-refractivity contribution is -0.115. The number of fused-ring (bicyclic) bond motifs is 1. The van der Waals surface area contributed by atoms with Crippen molar-refractivity contribution in [3.63, 3.8) is 0 Å². The molecule has 0 fully saturated rings. The van der Waals surface area contributed by atoms with Crippen molar-refractivity contribution in [2.75, 3.05) is 5.32 Å². The fourth-order valence-electron chi connectivity index (χ4n) is 2.01. The summed E-state index contributed by atoms with van der Waals surface area (Å²) in [5, 5.41) is 7.34. The molecule has 3 aromatic rings. The average Bonchev–Trinajstić information content (AvgIpc) is 2.86. The average molecular weight is 349 g/mol. The molecular formula is C15H10BrFN2O2. The van der Waals surface area contributed by atoms with Gasteiger partial charge in [0.25, 0.3) is 0 Å². The fourth-order valence-corrected chi connectivity index (χ4v) is 2.35. The van der Waals surface area contributed by atoms with Crippen LogP contribution >= 0.6 is 15.9 Å². The quantitative estimate of drug-likeness (QED) is 0.780. The Labute approximate surface area is 128 Å². The van der Waals surface area contributed by atoms with E-state index in [1.807, 2.05) is 18.2 Å². The summed E-state index contributed by atoms with van der Waals surface area (Å²) in [6.45, 7) is 0. The van der Waals surface area contributed by atoms with Crippen molar-refractivity contribution in [1.82, 2.24) is 5.16 Å². The minimum atomic E-state index is -0.416. The summed E-state index contributed by atoms with van der Waals surface area (Å²) in [6.07, 6.45) is 0.0555. The molecule has 1 heterocycles. The standard InChI is InChI=1S/C15H10BrFN2O2/c16-11-6-5-9(17)7-13(11)18-15(20)8-12-10-3-1-2-4-14(10)21-19-12/h1-7H,8H2,(H,18,20). The van der Waals surface area contributed by atoms with E-state index in [9.17, 15) is 9.18 Å². The zero-order valence-electron chi connectivity index (χ0n) is 10.8. The Morgan fingerprint density at radius 2 is 2.10 bits per heavy atom. The third kappa shape index (κ3) is 2.95. The number of aromatic nitrogens is 1. The first kappa shape index (κ1) is 13.8. The predicted molar refractivity (Wildman–Crippen MR) is 80.4 cm³/mol. The van der Waals surface area contributed by atoms with Gasteiger partial charge in [0.2, 0.25) is 5.91 Å². The molecule has 3 rings (SSSR count). The maximum Gasteiger partial charge on any atom is 0.230 e. The largest absolute Gasteiger partial charge is 0.356 e. The van der Waals surface area contributed by atoms with Crippen molar-refractivity contribution >= 4 is 38.5 Å². The van der Waals surface area contributed by atoms with E-state index < -0.39 is 5.82 Å². The Kier molecular flexibility index (Phi) is 3.70. The molecule has 1 amide bonds. The van der Waals surface area contributed by atoms with Gasteiger partial charge in [0.15, 0.2) is 5.58 Å². The predicted octanol–water partition coefficient (Wildman–Crippen LogP) is 3.91. The summed E-state index contributed by atoms with van der Waals surface area (Å²) >= 11 is 3.26. The number of amides is 1. The summed E-state index contributed by atoms with van der Waals surface area (Å²) in [5.41, 5.74) is 1.57. The van der Waals surface area contributed by atoms with Crippen molar-refractivity contribution < 1.29 is 13.7 Å².